The summed E-state index contributed by atoms with van der Waals surface area (Å²) in [6, 6.07) is 7.17. The van der Waals surface area contributed by atoms with Crippen molar-refractivity contribution in [1.82, 2.24) is 9.80 Å². The molecule has 5 rings (SSSR count). The molecule has 1 saturated carbocycles. The van der Waals surface area contributed by atoms with Crippen LogP contribution < -0.4 is 4.90 Å². The van der Waals surface area contributed by atoms with Crippen LogP contribution in [0, 0.1) is 29.0 Å². The van der Waals surface area contributed by atoms with Gasteiger partial charge in [-0.3, -0.25) is 14.6 Å². The van der Waals surface area contributed by atoms with Crippen LogP contribution in [0.5, 0.6) is 0 Å². The summed E-state index contributed by atoms with van der Waals surface area (Å²) in [5.74, 6) is -1.05. The molecule has 1 aliphatic carbocycles. The number of likely N-dealkylation sites (tertiary alicyclic amines) is 1. The topological polar surface area (TPSA) is 86.1 Å². The number of likely N-dealkylation sites (N-methyl/N-ethyl adjacent to an activating group) is 1. The van der Waals surface area contributed by atoms with Gasteiger partial charge in [0.05, 0.1) is 36.8 Å². The molecule has 8 nitrogen and oxygen atoms in total. The number of rotatable bonds is 6. The van der Waals surface area contributed by atoms with Gasteiger partial charge in [0.25, 0.3) is 0 Å². The minimum atomic E-state index is -0.666. The zero-order chi connectivity index (χ0) is 27.9. The fourth-order valence-corrected chi connectivity index (χ4v) is 6.95. The zero-order valence-electron chi connectivity index (χ0n) is 23.6. The Balaban J connectivity index is 1.23. The van der Waals surface area contributed by atoms with E-state index in [1.807, 2.05) is 26.8 Å². The van der Waals surface area contributed by atoms with E-state index in [2.05, 4.69) is 22.9 Å². The molecule has 4 aliphatic rings. The van der Waals surface area contributed by atoms with Gasteiger partial charge >= 0.3 is 6.09 Å². The molecule has 9 heteroatoms. The molecule has 212 valence electrons. The monoisotopic (exact) mass is 540 g/mol. The minimum Gasteiger partial charge on any atom is -0.444 e. The fourth-order valence-electron chi connectivity index (χ4n) is 6.95. The van der Waals surface area contributed by atoms with Crippen LogP contribution in [0.25, 0.3) is 0 Å². The van der Waals surface area contributed by atoms with E-state index in [0.717, 1.165) is 57.6 Å². The SMILES string of the molecule is CN1CCO[C@@H]2CCN(c3ccc(C[C@@H](C#N)CC(=O)[C@@H]4[C@H]5CC[C@H](C5)N4C(=O)OC(C)(C)C)c(F)c3)C[C@@H]21. The van der Waals surface area contributed by atoms with E-state index < -0.39 is 23.7 Å². The van der Waals surface area contributed by atoms with Crippen molar-refractivity contribution in [3.8, 4) is 6.07 Å². The van der Waals surface area contributed by atoms with Crippen molar-refractivity contribution in [2.75, 3.05) is 38.2 Å². The molecular formula is C30H41FN4O4. The quantitative estimate of drug-likeness (QED) is 0.536. The highest BCUT2D eigenvalue weighted by Crippen LogP contribution is 2.44. The molecule has 1 aromatic carbocycles. The smallest absolute Gasteiger partial charge is 0.411 e. The Labute approximate surface area is 231 Å². The van der Waals surface area contributed by atoms with Crippen molar-refractivity contribution in [2.45, 2.75) is 89.1 Å². The molecule has 3 heterocycles. The van der Waals surface area contributed by atoms with Crippen LogP contribution in [0.3, 0.4) is 0 Å². The highest BCUT2D eigenvalue weighted by molar-refractivity contribution is 5.89. The summed E-state index contributed by atoms with van der Waals surface area (Å²) in [6.45, 7) is 8.68. The number of hydrogen-bond donors (Lipinski definition) is 0. The van der Waals surface area contributed by atoms with Crippen LogP contribution >= 0.6 is 0 Å². The van der Waals surface area contributed by atoms with E-state index in [4.69, 9.17) is 9.47 Å². The molecule has 0 N–H and O–H groups in total. The highest BCUT2D eigenvalue weighted by Gasteiger charge is 2.52. The number of hydrogen-bond acceptors (Lipinski definition) is 7. The van der Waals surface area contributed by atoms with Gasteiger partial charge in [0.15, 0.2) is 5.78 Å². The molecule has 4 fully saturated rings. The first kappa shape index (κ1) is 27.9. The molecule has 1 amide bonds. The number of fused-ring (bicyclic) bond motifs is 3. The minimum absolute atomic E-state index is 0.00754. The first-order valence-electron chi connectivity index (χ1n) is 14.3. The van der Waals surface area contributed by atoms with Gasteiger partial charge in [-0.2, -0.15) is 5.26 Å². The van der Waals surface area contributed by atoms with Crippen LogP contribution in [0.2, 0.25) is 0 Å². The third-order valence-electron chi connectivity index (χ3n) is 8.88. The van der Waals surface area contributed by atoms with Crippen LogP contribution in [0.15, 0.2) is 18.2 Å². The summed E-state index contributed by atoms with van der Waals surface area (Å²) < 4.78 is 26.8. The first-order valence-corrected chi connectivity index (χ1v) is 14.3. The number of piperidine rings is 2. The molecular weight excluding hydrogens is 499 g/mol. The Bertz CT molecular complexity index is 1130. The Hall–Kier alpha value is -2.70. The van der Waals surface area contributed by atoms with Crippen LogP contribution in [-0.4, -0.2) is 84.8 Å². The predicted molar refractivity (Wildman–Crippen MR) is 145 cm³/mol. The normalized spacial score (nSPS) is 29.6. The number of ether oxygens (including phenoxy) is 2. The molecule has 3 aliphatic heterocycles. The van der Waals surface area contributed by atoms with E-state index in [9.17, 15) is 14.9 Å². The summed E-state index contributed by atoms with van der Waals surface area (Å²) >= 11 is 0. The lowest BCUT2D eigenvalue weighted by Gasteiger charge is -2.46. The summed E-state index contributed by atoms with van der Waals surface area (Å²) in [6.07, 6.45) is 3.37. The number of morpholine rings is 1. The Morgan fingerprint density at radius 2 is 2.03 bits per heavy atom. The van der Waals surface area contributed by atoms with Gasteiger partial charge in [0, 0.05) is 37.8 Å². The molecule has 39 heavy (non-hydrogen) atoms. The van der Waals surface area contributed by atoms with Crippen molar-refractivity contribution in [1.29, 1.82) is 5.26 Å². The van der Waals surface area contributed by atoms with Gasteiger partial charge in [-0.1, -0.05) is 6.07 Å². The van der Waals surface area contributed by atoms with Crippen molar-refractivity contribution >= 4 is 17.6 Å². The molecule has 0 radical (unpaired) electrons. The van der Waals surface area contributed by atoms with Crippen LogP contribution in [-0.2, 0) is 20.7 Å². The van der Waals surface area contributed by atoms with Gasteiger partial charge < -0.3 is 14.4 Å². The average Bonchev–Trinajstić information content (AvgIpc) is 3.50. The molecule has 1 aromatic rings. The Morgan fingerprint density at radius 3 is 2.74 bits per heavy atom. The number of ketones is 1. The molecule has 6 atom stereocenters. The number of Topliss-reactive ketones (excluding diaryl/α,β-unsaturated/α-hetero) is 1. The third kappa shape index (κ3) is 5.92. The lowest BCUT2D eigenvalue weighted by Crippen LogP contribution is -2.58. The van der Waals surface area contributed by atoms with E-state index in [1.54, 1.807) is 17.0 Å². The number of amides is 1. The van der Waals surface area contributed by atoms with Crippen LogP contribution in [0.1, 0.15) is 58.4 Å². The summed E-state index contributed by atoms with van der Waals surface area (Å²) in [5.41, 5.74) is 0.609. The van der Waals surface area contributed by atoms with E-state index in [-0.39, 0.29) is 48.5 Å². The van der Waals surface area contributed by atoms with Gasteiger partial charge in [0.2, 0.25) is 0 Å². The van der Waals surface area contributed by atoms with E-state index >= 15 is 4.39 Å². The van der Waals surface area contributed by atoms with Gasteiger partial charge in [-0.25, -0.2) is 9.18 Å². The fraction of sp³-hybridized carbons (Fsp3) is 0.700. The first-order chi connectivity index (χ1) is 18.5. The van der Waals surface area contributed by atoms with Crippen molar-refractivity contribution in [3.05, 3.63) is 29.6 Å². The number of carbonyl (C=O) groups excluding carboxylic acids is 2. The second-order valence-corrected chi connectivity index (χ2v) is 12.7. The van der Waals surface area contributed by atoms with Gasteiger partial charge in [-0.05, 0) is 83.5 Å². The Morgan fingerprint density at radius 1 is 1.23 bits per heavy atom. The standard InChI is InChI=1S/C30H41FN4O4/c1-30(2,3)39-29(37)35-23-8-6-21(15-23)28(35)26(36)14-19(17-32)13-20-5-7-22(16-24(20)31)34-10-9-27-25(18-34)33(4)11-12-38-27/h5,7,16,19,21,23,25,27-28H,6,8-15,18H2,1-4H3/t19-,21+,23-,25+,27-,28+/m1/s1. The van der Waals surface area contributed by atoms with Crippen LogP contribution in [0.4, 0.5) is 14.9 Å². The summed E-state index contributed by atoms with van der Waals surface area (Å²) in [7, 11) is 2.11. The van der Waals surface area contributed by atoms with Crippen molar-refractivity contribution < 1.29 is 23.5 Å². The molecule has 3 saturated heterocycles. The Kier molecular flexibility index (Phi) is 7.89. The second kappa shape index (κ2) is 11.1. The number of carbonyl (C=O) groups is 2. The lowest BCUT2D eigenvalue weighted by atomic mass is 9.88. The van der Waals surface area contributed by atoms with E-state index in [0.29, 0.717) is 5.56 Å². The molecule has 2 bridgehead atoms. The number of nitrogens with zero attached hydrogens (tertiary/aromatic N) is 4. The summed E-state index contributed by atoms with van der Waals surface area (Å²) in [4.78, 5) is 32.5. The van der Waals surface area contributed by atoms with Gasteiger partial charge in [0.1, 0.15) is 11.4 Å². The van der Waals surface area contributed by atoms with Crippen molar-refractivity contribution in [2.24, 2.45) is 11.8 Å². The summed E-state index contributed by atoms with van der Waals surface area (Å²) in [5, 5.41) is 9.87. The zero-order valence-corrected chi connectivity index (χ0v) is 23.6. The maximum atomic E-state index is 15.3. The molecule has 0 spiro atoms. The average molecular weight is 541 g/mol. The maximum absolute atomic E-state index is 15.3. The number of nitriles is 1. The van der Waals surface area contributed by atoms with E-state index in [1.165, 1.54) is 0 Å². The van der Waals surface area contributed by atoms with Crippen molar-refractivity contribution in [3.63, 3.8) is 0 Å². The predicted octanol–water partition coefficient (Wildman–Crippen LogP) is 4.16. The second-order valence-electron chi connectivity index (χ2n) is 12.7. The number of anilines is 1. The number of benzene rings is 1. The highest BCUT2D eigenvalue weighted by atomic mass is 19.1. The maximum Gasteiger partial charge on any atom is 0.411 e. The third-order valence-corrected chi connectivity index (χ3v) is 8.88. The molecule has 0 aromatic heterocycles. The molecule has 0 unspecified atom stereocenters. The lowest BCUT2D eigenvalue weighted by molar-refractivity contribution is -0.126. The van der Waals surface area contributed by atoms with Gasteiger partial charge in [-0.15, -0.1) is 0 Å². The largest absolute Gasteiger partial charge is 0.444 e. The number of halogens is 1.